The summed E-state index contributed by atoms with van der Waals surface area (Å²) in [4.78, 5) is 21.9. The van der Waals surface area contributed by atoms with Crippen LogP contribution in [0, 0.1) is 6.92 Å². The first-order valence-corrected chi connectivity index (χ1v) is 9.38. The molecule has 0 unspecified atom stereocenters. The summed E-state index contributed by atoms with van der Waals surface area (Å²) in [6.45, 7) is 3.70. The standard InChI is InChI=1S/C17H16BrN3O3S/c1-3-23-17(22)13-9(2)24-16-14(13)15(19)20-12(21-16)8-25-11-6-4-5-10(18)7-11/h4-7H,3,8H2,1-2H3,(H2,19,20,21). The molecule has 0 aliphatic rings. The van der Waals surface area contributed by atoms with E-state index in [9.17, 15) is 4.79 Å². The van der Waals surface area contributed by atoms with Crippen LogP contribution in [-0.4, -0.2) is 22.5 Å². The van der Waals surface area contributed by atoms with Crippen molar-refractivity contribution in [1.82, 2.24) is 9.97 Å². The van der Waals surface area contributed by atoms with Gasteiger partial charge in [0.05, 0.1) is 17.7 Å². The number of aryl methyl sites for hydroxylation is 1. The lowest BCUT2D eigenvalue weighted by Crippen LogP contribution is -2.07. The number of halogens is 1. The normalized spacial score (nSPS) is 11.0. The number of anilines is 1. The van der Waals surface area contributed by atoms with Crippen LogP contribution in [0.25, 0.3) is 11.1 Å². The van der Waals surface area contributed by atoms with Crippen LogP contribution in [0.2, 0.25) is 0 Å². The van der Waals surface area contributed by atoms with Crippen LogP contribution >= 0.6 is 27.7 Å². The summed E-state index contributed by atoms with van der Waals surface area (Å²) in [5.74, 6) is 1.23. The van der Waals surface area contributed by atoms with E-state index >= 15 is 0 Å². The van der Waals surface area contributed by atoms with Gasteiger partial charge in [-0.2, -0.15) is 4.98 Å². The Morgan fingerprint density at radius 1 is 1.40 bits per heavy atom. The fourth-order valence-electron chi connectivity index (χ4n) is 2.40. The maximum Gasteiger partial charge on any atom is 0.342 e. The van der Waals surface area contributed by atoms with Crippen LogP contribution in [0.1, 0.15) is 28.9 Å². The quantitative estimate of drug-likeness (QED) is 0.483. The van der Waals surface area contributed by atoms with Crippen molar-refractivity contribution in [3.05, 3.63) is 45.9 Å². The maximum absolute atomic E-state index is 12.1. The summed E-state index contributed by atoms with van der Waals surface area (Å²) in [6, 6.07) is 7.95. The third kappa shape index (κ3) is 3.80. The van der Waals surface area contributed by atoms with E-state index in [1.54, 1.807) is 25.6 Å². The number of hydrogen-bond acceptors (Lipinski definition) is 7. The molecule has 3 rings (SSSR count). The zero-order valence-electron chi connectivity index (χ0n) is 13.7. The number of aromatic nitrogens is 2. The van der Waals surface area contributed by atoms with E-state index in [1.165, 1.54) is 0 Å². The fraction of sp³-hybridized carbons (Fsp3) is 0.235. The van der Waals surface area contributed by atoms with Crippen molar-refractivity contribution in [2.24, 2.45) is 0 Å². The van der Waals surface area contributed by atoms with Crippen molar-refractivity contribution in [2.45, 2.75) is 24.5 Å². The SMILES string of the molecule is CCOC(=O)c1c(C)oc2nc(CSc3cccc(Br)c3)nc(N)c12. The van der Waals surface area contributed by atoms with Crippen LogP contribution in [0.3, 0.4) is 0 Å². The number of fused-ring (bicyclic) bond motifs is 1. The Hall–Kier alpha value is -2.06. The van der Waals surface area contributed by atoms with Gasteiger partial charge in [0, 0.05) is 9.37 Å². The second kappa shape index (κ2) is 7.45. The number of esters is 1. The molecule has 0 aliphatic carbocycles. The highest BCUT2D eigenvalue weighted by atomic mass is 79.9. The highest BCUT2D eigenvalue weighted by molar-refractivity contribution is 9.10. The second-order valence-corrected chi connectivity index (χ2v) is 7.17. The molecule has 0 amide bonds. The number of nitrogen functional groups attached to an aromatic ring is 1. The topological polar surface area (TPSA) is 91.2 Å². The van der Waals surface area contributed by atoms with Gasteiger partial charge in [0.15, 0.2) is 0 Å². The Labute approximate surface area is 157 Å². The van der Waals surface area contributed by atoms with Crippen molar-refractivity contribution >= 4 is 50.6 Å². The number of nitrogens with two attached hydrogens (primary N) is 1. The summed E-state index contributed by atoms with van der Waals surface area (Å²) >= 11 is 5.03. The second-order valence-electron chi connectivity index (χ2n) is 5.20. The van der Waals surface area contributed by atoms with E-state index < -0.39 is 5.97 Å². The lowest BCUT2D eigenvalue weighted by Gasteiger charge is -2.04. The number of hydrogen-bond donors (Lipinski definition) is 1. The van der Waals surface area contributed by atoms with Gasteiger partial charge in [-0.15, -0.1) is 11.8 Å². The minimum absolute atomic E-state index is 0.217. The van der Waals surface area contributed by atoms with Gasteiger partial charge in [0.1, 0.15) is 23.0 Å². The molecule has 0 bridgehead atoms. The van der Waals surface area contributed by atoms with Crippen molar-refractivity contribution in [3.63, 3.8) is 0 Å². The molecule has 130 valence electrons. The molecule has 0 fully saturated rings. The molecule has 8 heteroatoms. The van der Waals surface area contributed by atoms with Crippen LogP contribution in [0.5, 0.6) is 0 Å². The lowest BCUT2D eigenvalue weighted by atomic mass is 10.2. The Kier molecular flexibility index (Phi) is 5.29. The average molecular weight is 422 g/mol. The van der Waals surface area contributed by atoms with Gasteiger partial charge in [0.2, 0.25) is 5.71 Å². The van der Waals surface area contributed by atoms with Gasteiger partial charge in [-0.05, 0) is 32.0 Å². The monoisotopic (exact) mass is 421 g/mol. The smallest absolute Gasteiger partial charge is 0.342 e. The van der Waals surface area contributed by atoms with Crippen LogP contribution in [0.4, 0.5) is 5.82 Å². The number of carbonyl (C=O) groups excluding carboxylic acids is 1. The van der Waals surface area contributed by atoms with Crippen LogP contribution < -0.4 is 5.73 Å². The zero-order valence-corrected chi connectivity index (χ0v) is 16.1. The van der Waals surface area contributed by atoms with Crippen LogP contribution in [-0.2, 0) is 10.5 Å². The summed E-state index contributed by atoms with van der Waals surface area (Å²) in [5, 5.41) is 0.409. The highest BCUT2D eigenvalue weighted by Gasteiger charge is 2.23. The molecule has 0 radical (unpaired) electrons. The minimum atomic E-state index is -0.481. The molecule has 0 spiro atoms. The Balaban J connectivity index is 1.91. The van der Waals surface area contributed by atoms with Crippen LogP contribution in [0.15, 0.2) is 38.1 Å². The first-order valence-electron chi connectivity index (χ1n) is 7.60. The predicted octanol–water partition coefficient (Wildman–Crippen LogP) is 4.34. The summed E-state index contributed by atoms with van der Waals surface area (Å²) < 4.78 is 11.7. The maximum atomic E-state index is 12.1. The van der Waals surface area contributed by atoms with Gasteiger partial charge in [-0.1, -0.05) is 22.0 Å². The predicted molar refractivity (Wildman–Crippen MR) is 101 cm³/mol. The summed E-state index contributed by atoms with van der Waals surface area (Å²) in [6.07, 6.45) is 0. The molecule has 6 nitrogen and oxygen atoms in total. The van der Waals surface area contributed by atoms with Gasteiger partial charge < -0.3 is 14.9 Å². The molecule has 0 atom stereocenters. The molecule has 0 saturated carbocycles. The van der Waals surface area contributed by atoms with Crippen molar-refractivity contribution in [2.75, 3.05) is 12.3 Å². The minimum Gasteiger partial charge on any atom is -0.462 e. The van der Waals surface area contributed by atoms with Gasteiger partial charge in [-0.25, -0.2) is 9.78 Å². The Bertz CT molecular complexity index is 942. The Morgan fingerprint density at radius 2 is 2.20 bits per heavy atom. The third-order valence-corrected chi connectivity index (χ3v) is 4.93. The number of carbonyl (C=O) groups is 1. The Morgan fingerprint density at radius 3 is 2.92 bits per heavy atom. The van der Waals surface area contributed by atoms with E-state index in [0.717, 1.165) is 9.37 Å². The fourth-order valence-corrected chi connectivity index (χ4v) is 3.76. The molecule has 25 heavy (non-hydrogen) atoms. The molecular formula is C17H16BrN3O3S. The van der Waals surface area contributed by atoms with E-state index in [1.807, 2.05) is 24.3 Å². The third-order valence-electron chi connectivity index (χ3n) is 3.45. The summed E-state index contributed by atoms with van der Waals surface area (Å²) in [5.41, 5.74) is 6.66. The molecule has 3 aromatic rings. The van der Waals surface area contributed by atoms with E-state index in [4.69, 9.17) is 14.9 Å². The average Bonchev–Trinajstić information content (AvgIpc) is 2.90. The summed E-state index contributed by atoms with van der Waals surface area (Å²) in [7, 11) is 0. The number of nitrogens with zero attached hydrogens (tertiary/aromatic N) is 2. The largest absolute Gasteiger partial charge is 0.462 e. The van der Waals surface area contributed by atoms with E-state index in [-0.39, 0.29) is 12.4 Å². The van der Waals surface area contributed by atoms with Crippen molar-refractivity contribution in [3.8, 4) is 0 Å². The highest BCUT2D eigenvalue weighted by Crippen LogP contribution is 2.30. The van der Waals surface area contributed by atoms with E-state index in [2.05, 4.69) is 25.9 Å². The molecule has 2 N–H and O–H groups in total. The zero-order chi connectivity index (χ0) is 18.0. The molecule has 0 aliphatic heterocycles. The molecular weight excluding hydrogens is 406 g/mol. The number of ether oxygens (including phenoxy) is 1. The van der Waals surface area contributed by atoms with Crippen molar-refractivity contribution < 1.29 is 13.9 Å². The molecule has 2 heterocycles. The number of thioether (sulfide) groups is 1. The van der Waals surface area contributed by atoms with Crippen molar-refractivity contribution in [1.29, 1.82) is 0 Å². The molecule has 1 aromatic carbocycles. The van der Waals surface area contributed by atoms with Gasteiger partial charge in [0.25, 0.3) is 0 Å². The number of rotatable bonds is 5. The number of benzene rings is 1. The number of furan rings is 1. The van der Waals surface area contributed by atoms with Gasteiger partial charge >= 0.3 is 5.97 Å². The van der Waals surface area contributed by atoms with Gasteiger partial charge in [-0.3, -0.25) is 0 Å². The molecule has 2 aromatic heterocycles. The van der Waals surface area contributed by atoms with E-state index in [0.29, 0.717) is 34.0 Å². The first kappa shape index (κ1) is 17.8. The first-order chi connectivity index (χ1) is 12.0. The molecule has 0 saturated heterocycles. The lowest BCUT2D eigenvalue weighted by molar-refractivity contribution is 0.0526.